The summed E-state index contributed by atoms with van der Waals surface area (Å²) in [7, 11) is 1.34. The zero-order valence-corrected chi connectivity index (χ0v) is 31.0. The van der Waals surface area contributed by atoms with Gasteiger partial charge < -0.3 is 20.7 Å². The molecule has 1 heterocycles. The highest BCUT2D eigenvalue weighted by Crippen LogP contribution is 2.43. The van der Waals surface area contributed by atoms with Crippen LogP contribution in [-0.4, -0.2) is 41.0 Å². The number of nitro groups is 1. The molecule has 1 aliphatic rings. The first kappa shape index (κ1) is 37.7. The second-order valence-corrected chi connectivity index (χ2v) is 15.0. The highest BCUT2D eigenvalue weighted by Gasteiger charge is 2.31. The van der Waals surface area contributed by atoms with Gasteiger partial charge in [0.2, 0.25) is 5.91 Å². The number of nitrogens with one attached hydrogen (secondary N) is 3. The van der Waals surface area contributed by atoms with E-state index in [2.05, 4.69) is 28.1 Å². The topological polar surface area (TPSA) is 157 Å². The molecule has 5 aromatic rings. The van der Waals surface area contributed by atoms with Crippen molar-refractivity contribution in [2.24, 2.45) is 0 Å². The molecule has 2 atom stereocenters. The average Bonchev–Trinajstić information content (AvgIpc) is 3.55. The van der Waals surface area contributed by atoms with Gasteiger partial charge in [-0.15, -0.1) is 23.1 Å². The molecule has 13 heteroatoms. The fraction of sp³-hybridized carbons (Fsp3) is 0.171. The van der Waals surface area contributed by atoms with E-state index in [1.807, 2.05) is 24.3 Å². The molecule has 274 valence electrons. The molecule has 0 spiro atoms. The summed E-state index contributed by atoms with van der Waals surface area (Å²) in [5.41, 5.74) is 3.60. The third-order valence-electron chi connectivity index (χ3n) is 8.88. The second-order valence-electron chi connectivity index (χ2n) is 12.5. The van der Waals surface area contributed by atoms with Gasteiger partial charge in [-0.1, -0.05) is 54.6 Å². The van der Waals surface area contributed by atoms with E-state index < -0.39 is 28.0 Å². The Morgan fingerprint density at radius 3 is 2.31 bits per heavy atom. The number of thiophene rings is 1. The Morgan fingerprint density at radius 1 is 0.926 bits per heavy atom. The minimum absolute atomic E-state index is 0.0846. The Bertz CT molecular complexity index is 2220. The van der Waals surface area contributed by atoms with E-state index in [4.69, 9.17) is 4.74 Å². The number of carbonyl (C=O) groups excluding carboxylic acids is 4. The van der Waals surface area contributed by atoms with Crippen LogP contribution in [0.1, 0.15) is 61.5 Å². The second kappa shape index (κ2) is 17.2. The Kier molecular flexibility index (Phi) is 12.0. The molecular weight excluding hydrogens is 725 g/mol. The van der Waals surface area contributed by atoms with Crippen LogP contribution in [0.25, 0.3) is 6.08 Å². The van der Waals surface area contributed by atoms with Crippen molar-refractivity contribution in [1.82, 2.24) is 5.32 Å². The van der Waals surface area contributed by atoms with Crippen LogP contribution in [-0.2, 0) is 27.2 Å². The highest BCUT2D eigenvalue weighted by atomic mass is 32.2. The maximum atomic E-state index is 13.6. The Hall–Kier alpha value is -6.05. The molecule has 0 saturated carbocycles. The van der Waals surface area contributed by atoms with Crippen LogP contribution in [0, 0.1) is 10.1 Å². The van der Waals surface area contributed by atoms with Gasteiger partial charge in [-0.05, 0) is 97.3 Å². The standard InChI is InChI=1S/C41H36N4O7S2/c1-25(37(46)44-40-36(41(49)52-2)33-21-18-29(23-35(33)54-40)27-10-5-3-6-11-27)53-32-15-9-14-30(24-32)42-39(48)34(43-38(47)28-12-7-4-8-13-28)22-26-16-19-31(20-17-26)45(50)51/h3-17,19-20,22,24-25,29H,18,21,23H2,1-2H3,(H,42,48)(H,43,47)(H,44,46)/b34-22+. The lowest BCUT2D eigenvalue weighted by Gasteiger charge is -2.22. The summed E-state index contributed by atoms with van der Waals surface area (Å²) < 4.78 is 5.13. The summed E-state index contributed by atoms with van der Waals surface area (Å²) in [6.45, 7) is 1.76. The van der Waals surface area contributed by atoms with Crippen LogP contribution in [0.4, 0.5) is 16.4 Å². The number of carbonyl (C=O) groups is 4. The van der Waals surface area contributed by atoms with Gasteiger partial charge >= 0.3 is 5.97 Å². The third-order valence-corrected chi connectivity index (χ3v) is 11.1. The number of benzene rings is 4. The molecule has 2 unspecified atom stereocenters. The molecule has 3 amide bonds. The lowest BCUT2D eigenvalue weighted by atomic mass is 9.83. The lowest BCUT2D eigenvalue weighted by Crippen LogP contribution is -2.30. The number of amides is 3. The number of fused-ring (bicyclic) bond motifs is 1. The summed E-state index contributed by atoms with van der Waals surface area (Å²) in [6, 6.07) is 31.2. The predicted molar refractivity (Wildman–Crippen MR) is 211 cm³/mol. The molecule has 6 rings (SSSR count). The summed E-state index contributed by atoms with van der Waals surface area (Å²) in [5.74, 6) is -1.60. The van der Waals surface area contributed by atoms with Gasteiger partial charge in [-0.3, -0.25) is 24.5 Å². The van der Waals surface area contributed by atoms with E-state index in [0.29, 0.717) is 44.6 Å². The van der Waals surface area contributed by atoms with Gasteiger partial charge in [0, 0.05) is 33.2 Å². The van der Waals surface area contributed by atoms with E-state index in [-0.39, 0.29) is 17.3 Å². The molecule has 0 radical (unpaired) electrons. The Balaban J connectivity index is 1.15. The van der Waals surface area contributed by atoms with Crippen molar-refractivity contribution >= 4 is 69.2 Å². The highest BCUT2D eigenvalue weighted by molar-refractivity contribution is 8.00. The molecule has 1 aromatic heterocycles. The van der Waals surface area contributed by atoms with Crippen molar-refractivity contribution in [1.29, 1.82) is 0 Å². The van der Waals surface area contributed by atoms with Crippen molar-refractivity contribution in [3.05, 3.63) is 158 Å². The number of nitro benzene ring substituents is 1. The quantitative estimate of drug-likeness (QED) is 0.0378. The van der Waals surface area contributed by atoms with Crippen LogP contribution in [0.3, 0.4) is 0 Å². The van der Waals surface area contributed by atoms with E-state index in [9.17, 15) is 29.3 Å². The van der Waals surface area contributed by atoms with Crippen LogP contribution in [0.5, 0.6) is 0 Å². The number of thioether (sulfide) groups is 1. The smallest absolute Gasteiger partial charge is 0.341 e. The lowest BCUT2D eigenvalue weighted by molar-refractivity contribution is -0.384. The minimum Gasteiger partial charge on any atom is -0.465 e. The fourth-order valence-corrected chi connectivity index (χ4v) is 8.36. The van der Waals surface area contributed by atoms with Crippen molar-refractivity contribution in [3.8, 4) is 0 Å². The van der Waals surface area contributed by atoms with Gasteiger partial charge in [-0.25, -0.2) is 4.79 Å². The SMILES string of the molecule is COC(=O)c1c(NC(=O)C(C)Sc2cccc(NC(=O)/C(=C\c3ccc([N+](=O)[O-])cc3)NC(=O)c3ccccc3)c2)sc2c1CCC(c1ccccc1)C2. The molecule has 0 aliphatic heterocycles. The maximum absolute atomic E-state index is 13.6. The molecule has 4 aromatic carbocycles. The molecule has 54 heavy (non-hydrogen) atoms. The van der Waals surface area contributed by atoms with E-state index >= 15 is 0 Å². The number of nitrogens with zero attached hydrogens (tertiary/aromatic N) is 1. The molecule has 0 saturated heterocycles. The number of non-ortho nitro benzene ring substituents is 1. The fourth-order valence-electron chi connectivity index (χ4n) is 6.12. The zero-order valence-electron chi connectivity index (χ0n) is 29.4. The van der Waals surface area contributed by atoms with Gasteiger partial charge in [0.25, 0.3) is 17.5 Å². The van der Waals surface area contributed by atoms with Gasteiger partial charge in [0.15, 0.2) is 0 Å². The van der Waals surface area contributed by atoms with Crippen molar-refractivity contribution < 1.29 is 28.8 Å². The van der Waals surface area contributed by atoms with E-state index in [1.54, 1.807) is 55.5 Å². The monoisotopic (exact) mass is 760 g/mol. The maximum Gasteiger partial charge on any atom is 0.341 e. The number of hydrogen-bond donors (Lipinski definition) is 3. The van der Waals surface area contributed by atoms with Crippen LogP contribution in [0.2, 0.25) is 0 Å². The van der Waals surface area contributed by atoms with Crippen molar-refractivity contribution in [2.45, 2.75) is 42.2 Å². The van der Waals surface area contributed by atoms with Gasteiger partial charge in [-0.2, -0.15) is 0 Å². The largest absolute Gasteiger partial charge is 0.465 e. The normalized spacial score (nSPS) is 14.3. The molecule has 0 bridgehead atoms. The summed E-state index contributed by atoms with van der Waals surface area (Å²) >= 11 is 2.69. The number of ether oxygens (including phenoxy) is 1. The van der Waals surface area contributed by atoms with E-state index in [1.165, 1.54) is 66.1 Å². The Morgan fingerprint density at radius 2 is 1.63 bits per heavy atom. The molecule has 3 N–H and O–H groups in total. The Labute approximate surface area is 320 Å². The van der Waals surface area contributed by atoms with E-state index in [0.717, 1.165) is 23.3 Å². The first-order valence-corrected chi connectivity index (χ1v) is 18.8. The first-order valence-electron chi connectivity index (χ1n) is 17.1. The average molecular weight is 761 g/mol. The minimum atomic E-state index is -0.628. The number of methoxy groups -OCH3 is 1. The number of anilines is 2. The van der Waals surface area contributed by atoms with Crippen LogP contribution < -0.4 is 16.0 Å². The zero-order chi connectivity index (χ0) is 38.2. The summed E-state index contributed by atoms with van der Waals surface area (Å²) in [6.07, 6.45) is 3.79. The van der Waals surface area contributed by atoms with Crippen molar-refractivity contribution in [2.75, 3.05) is 17.7 Å². The molecular formula is C41H36N4O7S2. The number of rotatable bonds is 12. The van der Waals surface area contributed by atoms with Crippen LogP contribution >= 0.6 is 23.1 Å². The first-order chi connectivity index (χ1) is 26.1. The summed E-state index contributed by atoms with van der Waals surface area (Å²) in [5, 5.41) is 19.5. The number of hydrogen-bond acceptors (Lipinski definition) is 9. The molecule has 0 fully saturated rings. The third kappa shape index (κ3) is 9.11. The molecule has 1 aliphatic carbocycles. The van der Waals surface area contributed by atoms with Gasteiger partial charge in [0.1, 0.15) is 10.7 Å². The molecule has 11 nitrogen and oxygen atoms in total. The van der Waals surface area contributed by atoms with Crippen molar-refractivity contribution in [3.63, 3.8) is 0 Å². The predicted octanol–water partition coefficient (Wildman–Crippen LogP) is 8.24. The van der Waals surface area contributed by atoms with Crippen LogP contribution in [0.15, 0.2) is 120 Å². The summed E-state index contributed by atoms with van der Waals surface area (Å²) in [4.78, 5) is 65.5. The number of esters is 1. The van der Waals surface area contributed by atoms with Gasteiger partial charge in [0.05, 0.1) is 22.8 Å².